The minimum atomic E-state index is -0.726. The number of amides is 2. The lowest BCUT2D eigenvalue weighted by Gasteiger charge is -2.09. The third-order valence-electron chi connectivity index (χ3n) is 4.67. The van der Waals surface area contributed by atoms with E-state index in [0.29, 0.717) is 23.1 Å². The summed E-state index contributed by atoms with van der Waals surface area (Å²) in [4.78, 5) is 28.7. The van der Waals surface area contributed by atoms with Gasteiger partial charge >= 0.3 is 0 Å². The Hall–Kier alpha value is -4.14. The van der Waals surface area contributed by atoms with Crippen molar-refractivity contribution < 1.29 is 14.0 Å². The van der Waals surface area contributed by atoms with Crippen LogP contribution in [-0.4, -0.2) is 31.8 Å². The van der Waals surface area contributed by atoms with Crippen LogP contribution in [0.25, 0.3) is 10.9 Å². The van der Waals surface area contributed by atoms with Gasteiger partial charge in [0, 0.05) is 5.39 Å². The molecule has 9 heteroatoms. The molecule has 0 atom stereocenters. The van der Waals surface area contributed by atoms with Crippen LogP contribution in [0, 0.1) is 12.7 Å². The zero-order valence-electron chi connectivity index (χ0n) is 16.0. The number of nitrogens with one attached hydrogen (secondary N) is 1. The van der Waals surface area contributed by atoms with E-state index in [0.717, 1.165) is 5.56 Å². The topological polar surface area (TPSA) is 116 Å². The maximum atomic E-state index is 13.1. The van der Waals surface area contributed by atoms with Crippen LogP contribution in [0.4, 0.5) is 10.2 Å². The van der Waals surface area contributed by atoms with Gasteiger partial charge < -0.3 is 11.1 Å². The summed E-state index contributed by atoms with van der Waals surface area (Å²) >= 11 is 0. The molecule has 2 heterocycles. The molecule has 0 aliphatic rings. The van der Waals surface area contributed by atoms with Crippen LogP contribution in [0.5, 0.6) is 0 Å². The largest absolute Gasteiger partial charge is 0.364 e. The summed E-state index contributed by atoms with van der Waals surface area (Å²) in [5.74, 6) is -1.23. The number of nitrogens with two attached hydrogens (primary N) is 1. The number of fused-ring (bicyclic) bond motifs is 1. The number of benzene rings is 2. The molecule has 0 unspecified atom stereocenters. The number of pyridine rings is 1. The molecule has 30 heavy (non-hydrogen) atoms. The normalized spacial score (nSPS) is 10.9. The molecule has 0 aliphatic carbocycles. The SMILES string of the molecule is Cc1c(NC(=O)c2cc(C(N)=O)nc3ccccc23)nnn1Cc1ccc(F)cc1. The molecule has 0 aliphatic heterocycles. The third kappa shape index (κ3) is 3.72. The van der Waals surface area contributed by atoms with Gasteiger partial charge in [-0.2, -0.15) is 0 Å². The average Bonchev–Trinajstić information content (AvgIpc) is 3.08. The van der Waals surface area contributed by atoms with E-state index in [1.165, 1.54) is 18.2 Å². The van der Waals surface area contributed by atoms with Crippen LogP contribution in [-0.2, 0) is 6.54 Å². The molecule has 4 aromatic rings. The summed E-state index contributed by atoms with van der Waals surface area (Å²) in [5, 5.41) is 11.4. The Morgan fingerprint density at radius 1 is 1.13 bits per heavy atom. The fourth-order valence-corrected chi connectivity index (χ4v) is 3.05. The van der Waals surface area contributed by atoms with Crippen molar-refractivity contribution in [2.45, 2.75) is 13.5 Å². The Morgan fingerprint density at radius 2 is 1.87 bits per heavy atom. The smallest absolute Gasteiger partial charge is 0.267 e. The van der Waals surface area contributed by atoms with E-state index in [4.69, 9.17) is 5.73 Å². The molecule has 150 valence electrons. The Kier molecular flexibility index (Phi) is 4.93. The average molecular weight is 404 g/mol. The fraction of sp³-hybridized carbons (Fsp3) is 0.0952. The summed E-state index contributed by atoms with van der Waals surface area (Å²) in [5.41, 5.74) is 7.55. The second-order valence-electron chi connectivity index (χ2n) is 6.70. The predicted molar refractivity (Wildman–Crippen MR) is 108 cm³/mol. The second-order valence-corrected chi connectivity index (χ2v) is 6.70. The first-order valence-corrected chi connectivity index (χ1v) is 9.08. The van der Waals surface area contributed by atoms with Gasteiger partial charge in [0.05, 0.1) is 23.3 Å². The lowest BCUT2D eigenvalue weighted by molar-refractivity contribution is 0.0996. The van der Waals surface area contributed by atoms with Crippen molar-refractivity contribution in [3.63, 3.8) is 0 Å². The molecule has 0 spiro atoms. The van der Waals surface area contributed by atoms with Gasteiger partial charge in [-0.15, -0.1) is 5.10 Å². The number of para-hydroxylation sites is 1. The molecule has 8 nitrogen and oxygen atoms in total. The van der Waals surface area contributed by atoms with Gasteiger partial charge in [-0.25, -0.2) is 14.1 Å². The van der Waals surface area contributed by atoms with Crippen LogP contribution in [0.2, 0.25) is 0 Å². The van der Waals surface area contributed by atoms with Crippen LogP contribution in [0.15, 0.2) is 54.6 Å². The summed E-state index contributed by atoms with van der Waals surface area (Å²) in [6.45, 7) is 2.14. The van der Waals surface area contributed by atoms with Gasteiger partial charge in [0.1, 0.15) is 11.5 Å². The van der Waals surface area contributed by atoms with E-state index in [1.807, 2.05) is 0 Å². The first-order chi connectivity index (χ1) is 14.4. The van der Waals surface area contributed by atoms with Crippen molar-refractivity contribution in [3.8, 4) is 0 Å². The van der Waals surface area contributed by atoms with Crippen LogP contribution >= 0.6 is 0 Å². The molecule has 2 amide bonds. The molecule has 0 saturated carbocycles. The molecular formula is C21H17FN6O2. The first kappa shape index (κ1) is 19.2. The molecular weight excluding hydrogens is 387 g/mol. The standard InChI is InChI=1S/C21H17FN6O2/c1-12-20(26-27-28(12)11-13-6-8-14(22)9-7-13)25-21(30)16-10-18(19(23)29)24-17-5-3-2-4-15(16)17/h2-10H,11H2,1H3,(H2,23,29)(H,25,30). The Bertz CT molecular complexity index is 1270. The zero-order valence-corrected chi connectivity index (χ0v) is 16.0. The van der Waals surface area contributed by atoms with E-state index in [-0.39, 0.29) is 22.9 Å². The second kappa shape index (κ2) is 7.70. The lowest BCUT2D eigenvalue weighted by Crippen LogP contribution is -2.18. The van der Waals surface area contributed by atoms with Gasteiger partial charge in [0.2, 0.25) is 0 Å². The Balaban J connectivity index is 1.62. The number of anilines is 1. The highest BCUT2D eigenvalue weighted by Crippen LogP contribution is 2.21. The van der Waals surface area contributed by atoms with Gasteiger partial charge in [0.15, 0.2) is 5.82 Å². The zero-order chi connectivity index (χ0) is 21.3. The maximum Gasteiger partial charge on any atom is 0.267 e. The number of halogens is 1. The number of aromatic nitrogens is 4. The lowest BCUT2D eigenvalue weighted by atomic mass is 10.1. The Morgan fingerprint density at radius 3 is 2.60 bits per heavy atom. The summed E-state index contributed by atoms with van der Waals surface area (Å²) < 4.78 is 14.7. The highest BCUT2D eigenvalue weighted by molar-refractivity contribution is 6.13. The highest BCUT2D eigenvalue weighted by atomic mass is 19.1. The van der Waals surface area contributed by atoms with Gasteiger partial charge in [-0.3, -0.25) is 9.59 Å². The Labute approximate surface area is 170 Å². The van der Waals surface area contributed by atoms with Gasteiger partial charge in [0.25, 0.3) is 11.8 Å². The quantitative estimate of drug-likeness (QED) is 0.531. The maximum absolute atomic E-state index is 13.1. The van der Waals surface area contributed by atoms with Crippen molar-refractivity contribution >= 4 is 28.5 Å². The van der Waals surface area contributed by atoms with E-state index >= 15 is 0 Å². The van der Waals surface area contributed by atoms with Crippen molar-refractivity contribution in [1.29, 1.82) is 0 Å². The van der Waals surface area contributed by atoms with Crippen molar-refractivity contribution in [3.05, 3.63) is 82.9 Å². The van der Waals surface area contributed by atoms with E-state index in [9.17, 15) is 14.0 Å². The third-order valence-corrected chi connectivity index (χ3v) is 4.67. The summed E-state index contributed by atoms with van der Waals surface area (Å²) in [6, 6.07) is 14.4. The molecule has 3 N–H and O–H groups in total. The number of hydrogen-bond donors (Lipinski definition) is 2. The molecule has 0 saturated heterocycles. The number of hydrogen-bond acceptors (Lipinski definition) is 5. The van der Waals surface area contributed by atoms with Gasteiger partial charge in [-0.05, 0) is 36.8 Å². The number of carbonyl (C=O) groups is 2. The number of rotatable bonds is 5. The van der Waals surface area contributed by atoms with E-state index in [1.54, 1.807) is 48.0 Å². The van der Waals surface area contributed by atoms with Crippen molar-refractivity contribution in [2.24, 2.45) is 5.73 Å². The number of carbonyl (C=O) groups excluding carboxylic acids is 2. The highest BCUT2D eigenvalue weighted by Gasteiger charge is 2.18. The molecule has 2 aromatic heterocycles. The molecule has 4 rings (SSSR count). The fourth-order valence-electron chi connectivity index (χ4n) is 3.05. The number of nitrogens with zero attached hydrogens (tertiary/aromatic N) is 4. The molecule has 0 radical (unpaired) electrons. The van der Waals surface area contributed by atoms with E-state index < -0.39 is 11.8 Å². The van der Waals surface area contributed by atoms with Crippen molar-refractivity contribution in [1.82, 2.24) is 20.0 Å². The molecule has 2 aromatic carbocycles. The molecule has 0 bridgehead atoms. The molecule has 0 fully saturated rings. The first-order valence-electron chi connectivity index (χ1n) is 9.08. The van der Waals surface area contributed by atoms with Crippen LogP contribution in [0.1, 0.15) is 32.1 Å². The minimum Gasteiger partial charge on any atom is -0.364 e. The van der Waals surface area contributed by atoms with Gasteiger partial charge in [-0.1, -0.05) is 35.5 Å². The minimum absolute atomic E-state index is 0.00413. The van der Waals surface area contributed by atoms with Crippen LogP contribution < -0.4 is 11.1 Å². The predicted octanol–water partition coefficient (Wildman–Crippen LogP) is 2.67. The summed E-state index contributed by atoms with van der Waals surface area (Å²) in [6.07, 6.45) is 0. The van der Waals surface area contributed by atoms with Crippen LogP contribution in [0.3, 0.4) is 0 Å². The van der Waals surface area contributed by atoms with Crippen molar-refractivity contribution in [2.75, 3.05) is 5.32 Å². The number of primary amides is 1. The monoisotopic (exact) mass is 404 g/mol. The summed E-state index contributed by atoms with van der Waals surface area (Å²) in [7, 11) is 0. The van der Waals surface area contributed by atoms with E-state index in [2.05, 4.69) is 20.6 Å².